The molecule has 23 heavy (non-hydrogen) atoms. The molecular formula is C16H20N4O3. The Morgan fingerprint density at radius 2 is 2.39 bits per heavy atom. The van der Waals surface area contributed by atoms with Gasteiger partial charge >= 0.3 is 0 Å². The molecule has 0 radical (unpaired) electrons. The molecule has 2 aromatic heterocycles. The van der Waals surface area contributed by atoms with Crippen molar-refractivity contribution in [3.63, 3.8) is 0 Å². The van der Waals surface area contributed by atoms with Crippen LogP contribution >= 0.6 is 0 Å². The van der Waals surface area contributed by atoms with E-state index in [1.165, 1.54) is 7.11 Å². The van der Waals surface area contributed by atoms with E-state index in [-0.39, 0.29) is 5.91 Å². The van der Waals surface area contributed by atoms with Gasteiger partial charge in [-0.15, -0.1) is 0 Å². The Labute approximate surface area is 134 Å². The number of nitrogens with zero attached hydrogens (tertiary/aromatic N) is 3. The Kier molecular flexibility index (Phi) is 4.29. The van der Waals surface area contributed by atoms with Gasteiger partial charge in [-0.25, -0.2) is 4.98 Å². The first-order valence-electron chi connectivity index (χ1n) is 7.55. The van der Waals surface area contributed by atoms with Crippen molar-refractivity contribution >= 4 is 5.91 Å². The van der Waals surface area contributed by atoms with Gasteiger partial charge < -0.3 is 14.8 Å². The molecule has 0 saturated carbocycles. The molecule has 1 amide bonds. The largest absolute Gasteiger partial charge is 0.481 e. The summed E-state index contributed by atoms with van der Waals surface area (Å²) in [6, 6.07) is 5.10. The Morgan fingerprint density at radius 3 is 3.04 bits per heavy atom. The van der Waals surface area contributed by atoms with E-state index in [1.807, 2.05) is 13.2 Å². The molecule has 3 heterocycles. The van der Waals surface area contributed by atoms with Crippen LogP contribution in [0.15, 0.2) is 30.6 Å². The maximum atomic E-state index is 12.3. The van der Waals surface area contributed by atoms with Crippen LogP contribution in [0.4, 0.5) is 0 Å². The lowest BCUT2D eigenvalue weighted by molar-refractivity contribution is 0.00125. The molecule has 0 aliphatic carbocycles. The van der Waals surface area contributed by atoms with Crippen molar-refractivity contribution in [2.75, 3.05) is 20.3 Å². The van der Waals surface area contributed by atoms with Crippen LogP contribution in [-0.2, 0) is 17.4 Å². The highest BCUT2D eigenvalue weighted by molar-refractivity contribution is 5.92. The van der Waals surface area contributed by atoms with E-state index < -0.39 is 5.60 Å². The van der Waals surface area contributed by atoms with Gasteiger partial charge in [0.15, 0.2) is 0 Å². The lowest BCUT2D eigenvalue weighted by Crippen LogP contribution is -2.40. The molecule has 122 valence electrons. The van der Waals surface area contributed by atoms with E-state index in [1.54, 1.807) is 29.1 Å². The number of aromatic nitrogens is 3. The molecule has 0 aromatic carbocycles. The van der Waals surface area contributed by atoms with Gasteiger partial charge in [-0.2, -0.15) is 5.10 Å². The highest BCUT2D eigenvalue weighted by Gasteiger charge is 2.38. The molecule has 1 atom stereocenters. The third kappa shape index (κ3) is 3.19. The molecule has 7 heteroatoms. The Bertz CT molecular complexity index is 692. The van der Waals surface area contributed by atoms with Gasteiger partial charge in [-0.3, -0.25) is 9.48 Å². The molecule has 2 aromatic rings. The second-order valence-corrected chi connectivity index (χ2v) is 5.60. The van der Waals surface area contributed by atoms with Crippen molar-refractivity contribution in [2.45, 2.75) is 18.4 Å². The minimum Gasteiger partial charge on any atom is -0.481 e. The lowest BCUT2D eigenvalue weighted by atomic mass is 9.93. The topological polar surface area (TPSA) is 78.3 Å². The molecular weight excluding hydrogens is 296 g/mol. The summed E-state index contributed by atoms with van der Waals surface area (Å²) in [7, 11) is 3.39. The van der Waals surface area contributed by atoms with Crippen molar-refractivity contribution in [2.24, 2.45) is 7.05 Å². The number of methoxy groups -OCH3 is 1. The summed E-state index contributed by atoms with van der Waals surface area (Å²) in [4.78, 5) is 16.5. The number of aryl methyl sites for hydroxylation is 1. The van der Waals surface area contributed by atoms with Crippen LogP contribution in [-0.4, -0.2) is 40.9 Å². The number of carbonyl (C=O) groups excluding carboxylic acids is 1. The summed E-state index contributed by atoms with van der Waals surface area (Å²) in [6.07, 6.45) is 5.54. The summed E-state index contributed by atoms with van der Waals surface area (Å²) < 4.78 is 12.7. The average Bonchev–Trinajstić information content (AvgIpc) is 3.22. The van der Waals surface area contributed by atoms with Crippen LogP contribution in [0.3, 0.4) is 0 Å². The second kappa shape index (κ2) is 6.37. The van der Waals surface area contributed by atoms with Gasteiger partial charge in [-0.05, 0) is 18.9 Å². The molecule has 1 N–H and O–H groups in total. The molecule has 1 aliphatic heterocycles. The number of carbonyl (C=O) groups is 1. The third-order valence-electron chi connectivity index (χ3n) is 4.03. The molecule has 0 spiro atoms. The molecule has 3 rings (SSSR count). The number of rotatable bonds is 5. The minimum absolute atomic E-state index is 0.248. The van der Waals surface area contributed by atoms with Gasteiger partial charge in [0, 0.05) is 31.5 Å². The van der Waals surface area contributed by atoms with E-state index in [0.29, 0.717) is 24.7 Å². The van der Waals surface area contributed by atoms with Crippen molar-refractivity contribution in [3.8, 4) is 5.88 Å². The van der Waals surface area contributed by atoms with Crippen LogP contribution < -0.4 is 10.1 Å². The number of hydrogen-bond acceptors (Lipinski definition) is 5. The Hall–Kier alpha value is -2.41. The van der Waals surface area contributed by atoms with Crippen LogP contribution in [0.5, 0.6) is 5.88 Å². The molecule has 1 unspecified atom stereocenters. The minimum atomic E-state index is -0.511. The van der Waals surface area contributed by atoms with Crippen LogP contribution in [0.2, 0.25) is 0 Å². The first-order valence-corrected chi connectivity index (χ1v) is 7.55. The normalized spacial score (nSPS) is 20.4. The maximum absolute atomic E-state index is 12.3. The van der Waals surface area contributed by atoms with E-state index in [4.69, 9.17) is 9.47 Å². The van der Waals surface area contributed by atoms with Crippen molar-refractivity contribution < 1.29 is 14.3 Å². The fourth-order valence-electron chi connectivity index (χ4n) is 2.79. The highest BCUT2D eigenvalue weighted by Crippen LogP contribution is 2.35. The SMILES string of the molecule is COc1cccc(C(=O)NCC2(c3cnn(C)c3)CCCO2)n1. The van der Waals surface area contributed by atoms with E-state index in [9.17, 15) is 4.79 Å². The maximum Gasteiger partial charge on any atom is 0.270 e. The van der Waals surface area contributed by atoms with Gasteiger partial charge in [0.2, 0.25) is 5.88 Å². The van der Waals surface area contributed by atoms with Gasteiger partial charge in [0.25, 0.3) is 5.91 Å². The predicted molar refractivity (Wildman–Crippen MR) is 83.2 cm³/mol. The lowest BCUT2D eigenvalue weighted by Gasteiger charge is -2.27. The monoisotopic (exact) mass is 316 g/mol. The quantitative estimate of drug-likeness (QED) is 0.898. The molecule has 0 bridgehead atoms. The zero-order valence-electron chi connectivity index (χ0n) is 13.3. The Morgan fingerprint density at radius 1 is 1.52 bits per heavy atom. The summed E-state index contributed by atoms with van der Waals surface area (Å²) in [5.41, 5.74) is 0.795. The smallest absolute Gasteiger partial charge is 0.270 e. The Balaban J connectivity index is 1.73. The predicted octanol–water partition coefficient (Wildman–Crippen LogP) is 1.26. The molecule has 1 saturated heterocycles. The van der Waals surface area contributed by atoms with Crippen molar-refractivity contribution in [1.29, 1.82) is 0 Å². The van der Waals surface area contributed by atoms with E-state index in [2.05, 4.69) is 15.4 Å². The number of ether oxygens (including phenoxy) is 2. The number of nitrogens with one attached hydrogen (secondary N) is 1. The molecule has 7 nitrogen and oxygen atoms in total. The van der Waals surface area contributed by atoms with Gasteiger partial charge in [0.05, 0.1) is 19.9 Å². The number of hydrogen-bond donors (Lipinski definition) is 1. The van der Waals surface area contributed by atoms with Crippen molar-refractivity contribution in [3.05, 3.63) is 41.9 Å². The van der Waals surface area contributed by atoms with Crippen LogP contribution in [0.25, 0.3) is 0 Å². The van der Waals surface area contributed by atoms with Crippen LogP contribution in [0, 0.1) is 0 Å². The highest BCUT2D eigenvalue weighted by atomic mass is 16.5. The van der Waals surface area contributed by atoms with Gasteiger partial charge in [-0.1, -0.05) is 6.07 Å². The van der Waals surface area contributed by atoms with Crippen molar-refractivity contribution in [1.82, 2.24) is 20.1 Å². The standard InChI is InChI=1S/C16H20N4O3/c1-20-10-12(9-18-20)16(7-4-8-23-16)11-17-15(21)13-5-3-6-14(19-13)22-2/h3,5-6,9-10H,4,7-8,11H2,1-2H3,(H,17,21). The third-order valence-corrected chi connectivity index (χ3v) is 4.03. The molecule has 1 aliphatic rings. The number of amides is 1. The van der Waals surface area contributed by atoms with Gasteiger partial charge in [0.1, 0.15) is 11.3 Å². The van der Waals surface area contributed by atoms with Crippen LogP contribution in [0.1, 0.15) is 28.9 Å². The fourth-order valence-corrected chi connectivity index (χ4v) is 2.79. The average molecular weight is 316 g/mol. The zero-order valence-corrected chi connectivity index (χ0v) is 13.3. The van der Waals surface area contributed by atoms with E-state index in [0.717, 1.165) is 18.4 Å². The fraction of sp³-hybridized carbons (Fsp3) is 0.438. The zero-order chi connectivity index (χ0) is 16.3. The second-order valence-electron chi connectivity index (χ2n) is 5.60. The van der Waals surface area contributed by atoms with E-state index >= 15 is 0 Å². The summed E-state index contributed by atoms with van der Waals surface area (Å²) in [6.45, 7) is 1.07. The number of pyridine rings is 1. The molecule has 1 fully saturated rings. The first-order chi connectivity index (χ1) is 11.1. The summed E-state index contributed by atoms with van der Waals surface area (Å²) >= 11 is 0. The summed E-state index contributed by atoms with van der Waals surface area (Å²) in [5, 5.41) is 7.13. The first kappa shape index (κ1) is 15.5. The summed E-state index contributed by atoms with van der Waals surface area (Å²) in [5.74, 6) is 0.166.